The molecule has 5 nitrogen and oxygen atoms in total. The molecule has 0 aromatic rings. The molecule has 0 aliphatic rings. The van der Waals surface area contributed by atoms with Crippen molar-refractivity contribution in [2.45, 2.75) is 47.1 Å². The third kappa shape index (κ3) is 11.6. The van der Waals surface area contributed by atoms with Gasteiger partial charge in [-0.15, -0.1) is 0 Å². The Balaban J connectivity index is 4.57. The Morgan fingerprint density at radius 1 is 0.708 bits per heavy atom. The monoisotopic (exact) mass is 361 g/mol. The molecule has 0 atom stereocenters. The highest BCUT2D eigenvalue weighted by molar-refractivity contribution is 6.66. The number of hydrogen-bond acceptors (Lipinski definition) is 5. The molecule has 0 rings (SSSR count). The van der Waals surface area contributed by atoms with Crippen molar-refractivity contribution < 1.29 is 8.85 Å². The van der Waals surface area contributed by atoms with Gasteiger partial charge in [0.25, 0.3) is 0 Å². The molecule has 0 aromatic carbocycles. The Kier molecular flexibility index (Phi) is 14.2. The van der Waals surface area contributed by atoms with Crippen molar-refractivity contribution in [3.63, 3.8) is 0 Å². The summed E-state index contributed by atoms with van der Waals surface area (Å²) in [6.45, 7) is 19.1. The van der Waals surface area contributed by atoms with Crippen molar-refractivity contribution in [2.75, 3.05) is 72.7 Å². The summed E-state index contributed by atoms with van der Waals surface area (Å²) in [5.41, 5.74) is 0. The highest BCUT2D eigenvalue weighted by Gasteiger charge is 2.33. The van der Waals surface area contributed by atoms with Crippen LogP contribution in [0.4, 0.5) is 0 Å². The van der Waals surface area contributed by atoms with E-state index in [0.717, 1.165) is 58.7 Å². The molecule has 0 N–H and O–H groups in total. The van der Waals surface area contributed by atoms with Crippen molar-refractivity contribution >= 4 is 8.56 Å². The highest BCUT2D eigenvalue weighted by atomic mass is 28.4. The van der Waals surface area contributed by atoms with E-state index in [1.165, 1.54) is 12.8 Å². The van der Waals surface area contributed by atoms with E-state index in [1.54, 1.807) is 0 Å². The molecule has 0 unspecified atom stereocenters. The van der Waals surface area contributed by atoms with Crippen LogP contribution in [-0.2, 0) is 8.85 Å². The Morgan fingerprint density at radius 2 is 1.12 bits per heavy atom. The van der Waals surface area contributed by atoms with Crippen LogP contribution in [0.5, 0.6) is 0 Å². The lowest BCUT2D eigenvalue weighted by atomic mass is 10.3. The molecular formula is C18H43N3O2Si. The molecular weight excluding hydrogens is 318 g/mol. The van der Waals surface area contributed by atoms with Crippen LogP contribution in [0.3, 0.4) is 0 Å². The van der Waals surface area contributed by atoms with Gasteiger partial charge in [-0.05, 0) is 86.6 Å². The molecule has 0 amide bonds. The van der Waals surface area contributed by atoms with Crippen LogP contribution < -0.4 is 0 Å². The van der Waals surface area contributed by atoms with Crippen LogP contribution in [-0.4, -0.2) is 96.0 Å². The third-order valence-electron chi connectivity index (χ3n) is 4.52. The van der Waals surface area contributed by atoms with Gasteiger partial charge in [0, 0.05) is 19.4 Å². The molecule has 24 heavy (non-hydrogen) atoms. The van der Waals surface area contributed by atoms with Gasteiger partial charge in [-0.2, -0.15) is 0 Å². The zero-order valence-electron chi connectivity index (χ0n) is 17.4. The summed E-state index contributed by atoms with van der Waals surface area (Å²) in [5.74, 6) is 0. The molecule has 0 saturated heterocycles. The fraction of sp³-hybridized carbons (Fsp3) is 1.00. The highest BCUT2D eigenvalue weighted by Crippen LogP contribution is 2.11. The van der Waals surface area contributed by atoms with Crippen LogP contribution in [0.2, 0.25) is 6.55 Å². The second kappa shape index (κ2) is 14.2. The van der Waals surface area contributed by atoms with Gasteiger partial charge >= 0.3 is 8.56 Å². The van der Waals surface area contributed by atoms with Gasteiger partial charge in [0.05, 0.1) is 0 Å². The van der Waals surface area contributed by atoms with E-state index in [4.69, 9.17) is 8.85 Å². The van der Waals surface area contributed by atoms with Gasteiger partial charge in [-0.25, -0.2) is 0 Å². The van der Waals surface area contributed by atoms with Crippen molar-refractivity contribution in [1.82, 2.24) is 14.7 Å². The van der Waals surface area contributed by atoms with Crippen molar-refractivity contribution in [1.29, 1.82) is 0 Å². The first-order valence-electron chi connectivity index (χ1n) is 9.78. The van der Waals surface area contributed by atoms with Crippen LogP contribution in [0.25, 0.3) is 0 Å². The predicted octanol–water partition coefficient (Wildman–Crippen LogP) is 2.66. The average Bonchev–Trinajstić information content (AvgIpc) is 2.54. The summed E-state index contributed by atoms with van der Waals surface area (Å²) >= 11 is 0. The molecule has 0 spiro atoms. The van der Waals surface area contributed by atoms with E-state index < -0.39 is 8.56 Å². The zero-order valence-corrected chi connectivity index (χ0v) is 18.4. The Bertz CT molecular complexity index is 273. The Hall–Kier alpha value is 0.0169. The first-order chi connectivity index (χ1) is 11.4. The minimum absolute atomic E-state index is 0.744. The van der Waals surface area contributed by atoms with Crippen molar-refractivity contribution in [3.8, 4) is 0 Å². The van der Waals surface area contributed by atoms with E-state index in [2.05, 4.69) is 63.0 Å². The lowest BCUT2D eigenvalue weighted by molar-refractivity contribution is 0.160. The standard InChI is InChI=1S/C18H43N3O2Si/c1-8-19(5)14-12-16-21(17-13-15-20(6)9-2)18-24(7,22-10-3)23-11-4/h8-18H2,1-7H3. The first kappa shape index (κ1) is 24.0. The van der Waals surface area contributed by atoms with Gasteiger partial charge in [0.2, 0.25) is 0 Å². The van der Waals surface area contributed by atoms with E-state index >= 15 is 0 Å². The van der Waals surface area contributed by atoms with Gasteiger partial charge in [-0.1, -0.05) is 13.8 Å². The molecule has 0 bridgehead atoms. The first-order valence-corrected chi connectivity index (χ1v) is 12.3. The molecule has 0 saturated carbocycles. The summed E-state index contributed by atoms with van der Waals surface area (Å²) < 4.78 is 12.1. The second-order valence-electron chi connectivity index (χ2n) is 6.77. The lowest BCUT2D eigenvalue weighted by Gasteiger charge is -2.33. The van der Waals surface area contributed by atoms with Crippen molar-refractivity contribution in [2.24, 2.45) is 0 Å². The maximum absolute atomic E-state index is 6.05. The van der Waals surface area contributed by atoms with Crippen LogP contribution in [0.1, 0.15) is 40.5 Å². The van der Waals surface area contributed by atoms with Crippen LogP contribution in [0, 0.1) is 0 Å². The summed E-state index contributed by atoms with van der Waals surface area (Å²) in [5, 5.41) is 0. The zero-order chi connectivity index (χ0) is 18.4. The third-order valence-corrected chi connectivity index (χ3v) is 7.34. The Morgan fingerprint density at radius 3 is 1.46 bits per heavy atom. The Labute approximate surface area is 152 Å². The number of rotatable bonds is 16. The van der Waals surface area contributed by atoms with E-state index in [1.807, 2.05) is 0 Å². The smallest absolute Gasteiger partial charge is 0.349 e. The second-order valence-corrected chi connectivity index (χ2v) is 9.94. The quantitative estimate of drug-likeness (QED) is 0.394. The summed E-state index contributed by atoms with van der Waals surface area (Å²) in [6.07, 6.45) is 3.38. The molecule has 0 aromatic heterocycles. The van der Waals surface area contributed by atoms with Gasteiger partial charge in [0.15, 0.2) is 0 Å². The molecule has 0 radical (unpaired) electrons. The van der Waals surface area contributed by atoms with Crippen LogP contribution in [0.15, 0.2) is 0 Å². The maximum Gasteiger partial charge on any atom is 0.349 e. The molecule has 0 heterocycles. The minimum Gasteiger partial charge on any atom is -0.394 e. The largest absolute Gasteiger partial charge is 0.394 e. The lowest BCUT2D eigenvalue weighted by Crippen LogP contribution is -2.51. The predicted molar refractivity (Wildman–Crippen MR) is 107 cm³/mol. The molecule has 0 aliphatic heterocycles. The number of hydrogen-bond donors (Lipinski definition) is 0. The van der Waals surface area contributed by atoms with Gasteiger partial charge < -0.3 is 23.6 Å². The SMILES string of the molecule is CCO[Si](C)(CN(CCCN(C)CC)CCCN(C)CC)OCC. The normalized spacial score (nSPS) is 12.8. The fourth-order valence-corrected chi connectivity index (χ4v) is 5.48. The number of nitrogens with zero attached hydrogens (tertiary/aromatic N) is 3. The minimum atomic E-state index is -2.08. The molecule has 0 aliphatic carbocycles. The summed E-state index contributed by atoms with van der Waals surface area (Å²) in [7, 11) is 2.30. The van der Waals surface area contributed by atoms with Gasteiger partial charge in [-0.3, -0.25) is 0 Å². The molecule has 146 valence electrons. The van der Waals surface area contributed by atoms with E-state index in [9.17, 15) is 0 Å². The maximum atomic E-state index is 6.05. The van der Waals surface area contributed by atoms with Gasteiger partial charge in [0.1, 0.15) is 0 Å². The molecule has 6 heteroatoms. The van der Waals surface area contributed by atoms with Crippen molar-refractivity contribution in [3.05, 3.63) is 0 Å². The fourth-order valence-electron chi connectivity index (χ4n) is 2.86. The van der Waals surface area contributed by atoms with Crippen LogP contribution >= 0.6 is 0 Å². The topological polar surface area (TPSA) is 28.2 Å². The summed E-state index contributed by atoms with van der Waals surface area (Å²) in [4.78, 5) is 7.33. The average molecular weight is 362 g/mol. The molecule has 0 fully saturated rings. The van der Waals surface area contributed by atoms with E-state index in [-0.39, 0.29) is 0 Å². The summed E-state index contributed by atoms with van der Waals surface area (Å²) in [6, 6.07) is 0. The van der Waals surface area contributed by atoms with E-state index in [0.29, 0.717) is 0 Å².